The van der Waals surface area contributed by atoms with Gasteiger partial charge in [-0.05, 0) is 17.7 Å². The summed E-state index contributed by atoms with van der Waals surface area (Å²) in [5.41, 5.74) is 1.26. The highest BCUT2D eigenvalue weighted by Gasteiger charge is 2.10. The number of aromatic amines is 1. The summed E-state index contributed by atoms with van der Waals surface area (Å²) in [4.78, 5) is 17.6. The van der Waals surface area contributed by atoms with E-state index in [0.29, 0.717) is 11.0 Å². The molecule has 0 atom stereocenters. The Bertz CT molecular complexity index is 478. The van der Waals surface area contributed by atoms with E-state index in [1.807, 2.05) is 0 Å². The standard InChI is InChI=1S/C8H5ClN2O2/c9-8(13)5-1-4(12)2-6-7(5)11-3-10-6/h1-3,12H,(H,10,11). The van der Waals surface area contributed by atoms with Gasteiger partial charge in [-0.25, -0.2) is 4.98 Å². The number of rotatable bonds is 1. The van der Waals surface area contributed by atoms with E-state index in [1.165, 1.54) is 18.5 Å². The van der Waals surface area contributed by atoms with Gasteiger partial charge in [0, 0.05) is 6.07 Å². The molecule has 0 saturated heterocycles. The van der Waals surface area contributed by atoms with Crippen LogP contribution in [0.4, 0.5) is 0 Å². The summed E-state index contributed by atoms with van der Waals surface area (Å²) in [7, 11) is 0. The number of nitrogens with zero attached hydrogens (tertiary/aromatic N) is 1. The minimum atomic E-state index is -0.631. The number of fused-ring (bicyclic) bond motifs is 1. The van der Waals surface area contributed by atoms with E-state index in [1.54, 1.807) is 0 Å². The fourth-order valence-corrected chi connectivity index (χ4v) is 1.33. The molecule has 4 nitrogen and oxygen atoms in total. The van der Waals surface area contributed by atoms with Gasteiger partial charge in [-0.2, -0.15) is 0 Å². The average Bonchev–Trinajstić information content (AvgIpc) is 2.49. The zero-order valence-electron chi connectivity index (χ0n) is 6.41. The lowest BCUT2D eigenvalue weighted by atomic mass is 10.2. The summed E-state index contributed by atoms with van der Waals surface area (Å²) in [6.07, 6.45) is 1.44. The molecule has 66 valence electrons. The van der Waals surface area contributed by atoms with Crippen LogP contribution in [-0.2, 0) is 0 Å². The van der Waals surface area contributed by atoms with Gasteiger partial charge in [0.2, 0.25) is 0 Å². The van der Waals surface area contributed by atoms with Crippen molar-refractivity contribution in [2.75, 3.05) is 0 Å². The lowest BCUT2D eigenvalue weighted by Crippen LogP contribution is -1.90. The molecular weight excluding hydrogens is 192 g/mol. The molecule has 0 unspecified atom stereocenters. The van der Waals surface area contributed by atoms with Gasteiger partial charge < -0.3 is 10.1 Å². The van der Waals surface area contributed by atoms with Crippen molar-refractivity contribution in [3.05, 3.63) is 24.0 Å². The van der Waals surface area contributed by atoms with E-state index in [-0.39, 0.29) is 11.3 Å². The summed E-state index contributed by atoms with van der Waals surface area (Å²) >= 11 is 5.31. The van der Waals surface area contributed by atoms with Gasteiger partial charge in [0.1, 0.15) is 11.3 Å². The topological polar surface area (TPSA) is 66.0 Å². The number of halogens is 1. The summed E-state index contributed by atoms with van der Waals surface area (Å²) < 4.78 is 0. The zero-order chi connectivity index (χ0) is 9.42. The van der Waals surface area contributed by atoms with Crippen molar-refractivity contribution in [1.29, 1.82) is 0 Å². The molecule has 0 fully saturated rings. The van der Waals surface area contributed by atoms with Gasteiger partial charge in [-0.3, -0.25) is 4.79 Å². The number of H-pyrrole nitrogens is 1. The predicted molar refractivity (Wildman–Crippen MR) is 47.9 cm³/mol. The van der Waals surface area contributed by atoms with Crippen molar-refractivity contribution >= 4 is 27.9 Å². The van der Waals surface area contributed by atoms with Crippen LogP contribution in [-0.4, -0.2) is 20.3 Å². The SMILES string of the molecule is O=C(Cl)c1cc(O)cc2[nH]cnc12. The van der Waals surface area contributed by atoms with Gasteiger partial charge >= 0.3 is 0 Å². The number of hydrogen-bond acceptors (Lipinski definition) is 3. The van der Waals surface area contributed by atoms with Gasteiger partial charge in [-0.1, -0.05) is 0 Å². The molecule has 13 heavy (non-hydrogen) atoms. The van der Waals surface area contributed by atoms with Crippen LogP contribution >= 0.6 is 11.6 Å². The highest BCUT2D eigenvalue weighted by molar-refractivity contribution is 6.68. The molecule has 0 radical (unpaired) electrons. The summed E-state index contributed by atoms with van der Waals surface area (Å²) in [6, 6.07) is 2.77. The van der Waals surface area contributed by atoms with Crippen molar-refractivity contribution in [1.82, 2.24) is 9.97 Å². The number of carbonyl (C=O) groups is 1. The molecule has 2 N–H and O–H groups in total. The largest absolute Gasteiger partial charge is 0.508 e. The monoisotopic (exact) mass is 196 g/mol. The fourth-order valence-electron chi connectivity index (χ4n) is 1.18. The second-order valence-corrected chi connectivity index (χ2v) is 2.91. The third-order valence-corrected chi connectivity index (χ3v) is 1.92. The van der Waals surface area contributed by atoms with E-state index in [2.05, 4.69) is 9.97 Å². The van der Waals surface area contributed by atoms with Crippen LogP contribution in [0.3, 0.4) is 0 Å². The number of phenolic OH excluding ortho intramolecular Hbond substituents is 1. The maximum Gasteiger partial charge on any atom is 0.254 e. The van der Waals surface area contributed by atoms with Crippen molar-refractivity contribution in [3.8, 4) is 5.75 Å². The van der Waals surface area contributed by atoms with Crippen LogP contribution in [0.15, 0.2) is 18.5 Å². The Morgan fingerprint density at radius 2 is 2.31 bits per heavy atom. The Kier molecular flexibility index (Phi) is 1.70. The Balaban J connectivity index is 2.84. The zero-order valence-corrected chi connectivity index (χ0v) is 7.17. The van der Waals surface area contributed by atoms with Gasteiger partial charge in [0.25, 0.3) is 5.24 Å². The Morgan fingerprint density at radius 3 is 3.00 bits per heavy atom. The number of phenols is 1. The molecule has 1 aromatic heterocycles. The number of carbonyl (C=O) groups excluding carboxylic acids is 1. The lowest BCUT2D eigenvalue weighted by molar-refractivity contribution is 0.108. The average molecular weight is 197 g/mol. The van der Waals surface area contributed by atoms with Crippen molar-refractivity contribution in [2.45, 2.75) is 0 Å². The molecule has 0 saturated carbocycles. The van der Waals surface area contributed by atoms with Crippen LogP contribution in [0.5, 0.6) is 5.75 Å². The van der Waals surface area contributed by atoms with E-state index in [9.17, 15) is 9.90 Å². The molecule has 5 heteroatoms. The first-order valence-electron chi connectivity index (χ1n) is 3.54. The first kappa shape index (κ1) is 8.07. The number of aromatic nitrogens is 2. The molecular formula is C8H5ClN2O2. The molecule has 0 aliphatic rings. The number of hydrogen-bond donors (Lipinski definition) is 2. The van der Waals surface area contributed by atoms with Crippen LogP contribution in [0.2, 0.25) is 0 Å². The summed E-state index contributed by atoms with van der Waals surface area (Å²) in [6.45, 7) is 0. The Morgan fingerprint density at radius 1 is 1.54 bits per heavy atom. The number of aromatic hydroxyl groups is 1. The summed E-state index contributed by atoms with van der Waals surface area (Å²) in [5.74, 6) is -0.0132. The third kappa shape index (κ3) is 1.25. The molecule has 0 aliphatic carbocycles. The van der Waals surface area contributed by atoms with Gasteiger partial charge in [0.05, 0.1) is 17.4 Å². The lowest BCUT2D eigenvalue weighted by Gasteiger charge is -1.96. The Hall–Kier alpha value is -1.55. The van der Waals surface area contributed by atoms with Crippen LogP contribution in [0.25, 0.3) is 11.0 Å². The smallest absolute Gasteiger partial charge is 0.254 e. The first-order valence-corrected chi connectivity index (χ1v) is 3.92. The molecule has 2 aromatic rings. The van der Waals surface area contributed by atoms with Gasteiger partial charge in [0.15, 0.2) is 0 Å². The third-order valence-electron chi connectivity index (χ3n) is 1.72. The molecule has 1 aromatic carbocycles. The minimum Gasteiger partial charge on any atom is -0.508 e. The molecule has 1 heterocycles. The minimum absolute atomic E-state index is 0.0132. The molecule has 0 aliphatic heterocycles. The van der Waals surface area contributed by atoms with Gasteiger partial charge in [-0.15, -0.1) is 0 Å². The van der Waals surface area contributed by atoms with Crippen LogP contribution in [0.1, 0.15) is 10.4 Å². The predicted octanol–water partition coefficient (Wildman–Crippen LogP) is 1.65. The maximum absolute atomic E-state index is 10.9. The molecule has 2 rings (SSSR count). The first-order chi connectivity index (χ1) is 6.18. The van der Waals surface area contributed by atoms with Crippen LogP contribution < -0.4 is 0 Å². The number of imidazole rings is 1. The quantitative estimate of drug-likeness (QED) is 0.682. The normalized spacial score (nSPS) is 10.5. The van der Waals surface area contributed by atoms with Crippen molar-refractivity contribution in [2.24, 2.45) is 0 Å². The summed E-state index contributed by atoms with van der Waals surface area (Å²) in [5, 5.41) is 8.59. The van der Waals surface area contributed by atoms with E-state index in [4.69, 9.17) is 11.6 Å². The highest BCUT2D eigenvalue weighted by Crippen LogP contribution is 2.22. The molecule has 0 amide bonds. The number of nitrogens with one attached hydrogen (secondary N) is 1. The van der Waals surface area contributed by atoms with Crippen molar-refractivity contribution < 1.29 is 9.90 Å². The highest BCUT2D eigenvalue weighted by atomic mass is 35.5. The Labute approximate surface area is 78.2 Å². The van der Waals surface area contributed by atoms with Crippen LogP contribution in [0, 0.1) is 0 Å². The second kappa shape index (κ2) is 2.74. The van der Waals surface area contributed by atoms with Crippen molar-refractivity contribution in [3.63, 3.8) is 0 Å². The van der Waals surface area contributed by atoms with E-state index in [0.717, 1.165) is 0 Å². The van der Waals surface area contributed by atoms with E-state index < -0.39 is 5.24 Å². The molecule has 0 spiro atoms. The molecule has 0 bridgehead atoms. The fraction of sp³-hybridized carbons (Fsp3) is 0. The van der Waals surface area contributed by atoms with E-state index >= 15 is 0 Å². The maximum atomic E-state index is 10.9. The number of benzene rings is 1. The second-order valence-electron chi connectivity index (χ2n) is 2.57.